The van der Waals surface area contributed by atoms with Crippen LogP contribution < -0.4 is 21.9 Å². The Morgan fingerprint density at radius 2 is 2.09 bits per heavy atom. The lowest BCUT2D eigenvalue weighted by molar-refractivity contribution is 0.0599. The molecule has 184 valence electrons. The number of ether oxygens (including phenoxy) is 1. The highest BCUT2D eigenvalue weighted by Gasteiger charge is 2.26. The molecule has 0 saturated carbocycles. The van der Waals surface area contributed by atoms with Crippen molar-refractivity contribution in [1.82, 2.24) is 18.7 Å². The van der Waals surface area contributed by atoms with Crippen LogP contribution in [0, 0.1) is 11.8 Å². The molecule has 0 radical (unpaired) electrons. The molecule has 4 rings (SSSR count). The molecule has 10 nitrogen and oxygen atoms in total. The Balaban J connectivity index is 1.94. The Morgan fingerprint density at radius 1 is 1.31 bits per heavy atom. The van der Waals surface area contributed by atoms with Crippen LogP contribution in [0.2, 0.25) is 5.02 Å². The first kappa shape index (κ1) is 24.6. The van der Waals surface area contributed by atoms with Crippen molar-refractivity contribution in [3.05, 3.63) is 55.2 Å². The number of halogens is 1. The van der Waals surface area contributed by atoms with Gasteiger partial charge in [0.2, 0.25) is 5.95 Å². The number of nitrogens with two attached hydrogens (primary N) is 1. The third-order valence-corrected chi connectivity index (χ3v) is 6.40. The predicted molar refractivity (Wildman–Crippen MR) is 134 cm³/mol. The van der Waals surface area contributed by atoms with Gasteiger partial charge >= 0.3 is 11.7 Å². The first-order chi connectivity index (χ1) is 16.8. The van der Waals surface area contributed by atoms with Crippen molar-refractivity contribution in [2.75, 3.05) is 25.1 Å². The average Bonchev–Trinajstić information content (AvgIpc) is 3.23. The fraction of sp³-hybridized carbons (Fsp3) is 0.417. The van der Waals surface area contributed by atoms with E-state index in [0.717, 1.165) is 24.0 Å². The summed E-state index contributed by atoms with van der Waals surface area (Å²) in [5.41, 5.74) is 6.23. The van der Waals surface area contributed by atoms with E-state index in [2.05, 4.69) is 16.8 Å². The molecule has 1 aliphatic rings. The molecule has 1 aliphatic heterocycles. The highest BCUT2D eigenvalue weighted by atomic mass is 35.5. The number of carbonyl (C=O) groups excluding carboxylic acids is 1. The van der Waals surface area contributed by atoms with Crippen LogP contribution in [-0.4, -0.2) is 50.9 Å². The summed E-state index contributed by atoms with van der Waals surface area (Å²) >= 11 is 6.15. The molecular weight excluding hydrogens is 472 g/mol. The molecule has 0 unspecified atom stereocenters. The number of carbonyl (C=O) groups is 1. The fourth-order valence-electron chi connectivity index (χ4n) is 4.41. The van der Waals surface area contributed by atoms with Crippen LogP contribution in [0.25, 0.3) is 11.2 Å². The van der Waals surface area contributed by atoms with Gasteiger partial charge in [-0.1, -0.05) is 17.5 Å². The van der Waals surface area contributed by atoms with E-state index in [4.69, 9.17) is 22.1 Å². The summed E-state index contributed by atoms with van der Waals surface area (Å²) in [6.45, 7) is 3.12. The summed E-state index contributed by atoms with van der Waals surface area (Å²) in [5, 5.41) is 0.366. The lowest BCUT2D eigenvalue weighted by atomic mass is 10.1. The number of hydrogen-bond acceptors (Lipinski definition) is 7. The number of nitrogens with zero attached hydrogens (tertiary/aromatic N) is 5. The lowest BCUT2D eigenvalue weighted by Gasteiger charge is -2.31. The maximum atomic E-state index is 13.7. The van der Waals surface area contributed by atoms with Crippen LogP contribution in [0.3, 0.4) is 0 Å². The lowest BCUT2D eigenvalue weighted by Crippen LogP contribution is -2.44. The minimum absolute atomic E-state index is 0.00526. The number of anilines is 1. The maximum absolute atomic E-state index is 13.7. The summed E-state index contributed by atoms with van der Waals surface area (Å²) < 4.78 is 9.00. The van der Waals surface area contributed by atoms with Crippen molar-refractivity contribution in [2.45, 2.75) is 38.9 Å². The van der Waals surface area contributed by atoms with Gasteiger partial charge in [-0.15, -0.1) is 5.92 Å². The standard InChI is InChI=1S/C24H27ClN6O4/c1-4-5-11-30-19-20(27-23(30)29-10-6-7-17(26)14-29)28(2)24(34)31(21(19)32)13-15-12-16(25)8-9-18(15)22(33)35-3/h8-9,12,17H,6-7,10-11,13-14,26H2,1-3H3/t17-/m1/s1. The molecule has 0 spiro atoms. The van der Waals surface area contributed by atoms with Gasteiger partial charge in [0.1, 0.15) is 0 Å². The molecule has 3 heterocycles. The van der Waals surface area contributed by atoms with Gasteiger partial charge in [-0.25, -0.2) is 9.59 Å². The molecule has 1 aromatic carbocycles. The number of esters is 1. The van der Waals surface area contributed by atoms with Crippen molar-refractivity contribution in [3.8, 4) is 11.8 Å². The smallest absolute Gasteiger partial charge is 0.338 e. The van der Waals surface area contributed by atoms with Crippen molar-refractivity contribution in [3.63, 3.8) is 0 Å². The molecule has 11 heteroatoms. The van der Waals surface area contributed by atoms with Crippen molar-refractivity contribution < 1.29 is 9.53 Å². The van der Waals surface area contributed by atoms with Gasteiger partial charge in [0.15, 0.2) is 11.2 Å². The van der Waals surface area contributed by atoms with Gasteiger partial charge in [-0.05, 0) is 43.5 Å². The Hall–Kier alpha value is -3.55. The summed E-state index contributed by atoms with van der Waals surface area (Å²) in [5.74, 6) is 5.83. The molecular formula is C24H27ClN6O4. The molecule has 0 bridgehead atoms. The van der Waals surface area contributed by atoms with Crippen molar-refractivity contribution >= 4 is 34.7 Å². The quantitative estimate of drug-likeness (QED) is 0.416. The van der Waals surface area contributed by atoms with Gasteiger partial charge in [0, 0.05) is 31.2 Å². The number of aromatic nitrogens is 4. The van der Waals surface area contributed by atoms with Crippen molar-refractivity contribution in [2.24, 2.45) is 12.8 Å². The van der Waals surface area contributed by atoms with Gasteiger partial charge in [-0.2, -0.15) is 4.98 Å². The zero-order valence-corrected chi connectivity index (χ0v) is 20.6. The topological polar surface area (TPSA) is 117 Å². The highest BCUT2D eigenvalue weighted by Crippen LogP contribution is 2.23. The second-order valence-electron chi connectivity index (χ2n) is 8.47. The number of benzene rings is 1. The van der Waals surface area contributed by atoms with Crippen LogP contribution in [-0.2, 0) is 24.9 Å². The van der Waals surface area contributed by atoms with Gasteiger partial charge < -0.3 is 15.4 Å². The Kier molecular flexibility index (Phi) is 7.00. The summed E-state index contributed by atoms with van der Waals surface area (Å²) in [6, 6.07) is 4.60. The molecule has 35 heavy (non-hydrogen) atoms. The molecule has 0 amide bonds. The van der Waals surface area contributed by atoms with Gasteiger partial charge in [0.25, 0.3) is 5.56 Å². The highest BCUT2D eigenvalue weighted by molar-refractivity contribution is 6.30. The number of aryl methyl sites for hydroxylation is 1. The Labute approximate surface area is 206 Å². The number of imidazole rings is 1. The first-order valence-corrected chi connectivity index (χ1v) is 11.6. The van der Waals surface area contributed by atoms with Crippen LogP contribution in [0.1, 0.15) is 35.7 Å². The van der Waals surface area contributed by atoms with Crippen LogP contribution in [0.5, 0.6) is 0 Å². The van der Waals surface area contributed by atoms with E-state index < -0.39 is 17.2 Å². The van der Waals surface area contributed by atoms with E-state index >= 15 is 0 Å². The molecule has 3 aromatic rings. The first-order valence-electron chi connectivity index (χ1n) is 11.2. The van der Waals surface area contributed by atoms with E-state index in [9.17, 15) is 14.4 Å². The number of rotatable bonds is 5. The van der Waals surface area contributed by atoms with Crippen LogP contribution >= 0.6 is 11.6 Å². The molecule has 1 saturated heterocycles. The zero-order chi connectivity index (χ0) is 25.3. The Bertz CT molecular complexity index is 1480. The fourth-order valence-corrected chi connectivity index (χ4v) is 4.61. The van der Waals surface area contributed by atoms with Crippen molar-refractivity contribution in [1.29, 1.82) is 0 Å². The largest absolute Gasteiger partial charge is 0.465 e. The summed E-state index contributed by atoms with van der Waals surface area (Å²) in [4.78, 5) is 46.0. The van der Waals surface area contributed by atoms with Crippen LogP contribution in [0.15, 0.2) is 27.8 Å². The second-order valence-corrected chi connectivity index (χ2v) is 8.91. The summed E-state index contributed by atoms with van der Waals surface area (Å²) in [6.07, 6.45) is 1.82. The van der Waals surface area contributed by atoms with Gasteiger partial charge in [0.05, 0.1) is 25.8 Å². The van der Waals surface area contributed by atoms with Gasteiger partial charge in [-0.3, -0.25) is 18.5 Å². The number of hydrogen-bond donors (Lipinski definition) is 1. The third-order valence-electron chi connectivity index (χ3n) is 6.17. The monoisotopic (exact) mass is 498 g/mol. The SMILES string of the molecule is CC#CCn1c(N2CCC[C@@H](N)C2)nc2c1c(=O)n(Cc1cc(Cl)ccc1C(=O)OC)c(=O)n2C. The zero-order valence-electron chi connectivity index (χ0n) is 19.9. The minimum atomic E-state index is -0.588. The van der Waals surface area contributed by atoms with E-state index in [-0.39, 0.29) is 35.9 Å². The minimum Gasteiger partial charge on any atom is -0.465 e. The van der Waals surface area contributed by atoms with E-state index in [1.165, 1.54) is 17.7 Å². The molecule has 2 N–H and O–H groups in total. The summed E-state index contributed by atoms with van der Waals surface area (Å²) in [7, 11) is 2.83. The third kappa shape index (κ3) is 4.57. The Morgan fingerprint density at radius 3 is 2.77 bits per heavy atom. The number of piperidine rings is 1. The molecule has 0 aliphatic carbocycles. The second kappa shape index (κ2) is 9.98. The normalized spacial score (nSPS) is 15.7. The van der Waals surface area contributed by atoms with E-state index in [0.29, 0.717) is 23.1 Å². The van der Waals surface area contributed by atoms with Crippen LogP contribution in [0.4, 0.5) is 5.95 Å². The predicted octanol–water partition coefficient (Wildman–Crippen LogP) is 1.34. The molecule has 1 atom stereocenters. The number of fused-ring (bicyclic) bond motifs is 1. The number of methoxy groups -OCH3 is 1. The van der Waals surface area contributed by atoms with E-state index in [1.807, 2.05) is 4.90 Å². The van der Waals surface area contributed by atoms with E-state index in [1.54, 1.807) is 30.7 Å². The molecule has 2 aromatic heterocycles. The average molecular weight is 499 g/mol. The molecule has 1 fully saturated rings. The maximum Gasteiger partial charge on any atom is 0.338 e.